The average molecular weight is 321 g/mol. The maximum Gasteiger partial charge on any atom is 0.311 e. The van der Waals surface area contributed by atoms with Crippen molar-refractivity contribution in [3.63, 3.8) is 0 Å². The molecule has 1 aromatic rings. The quantitative estimate of drug-likeness (QED) is 0.889. The SMILES string of the molecule is Cc1coc(CC(=O)O)c1C(=O)NC1CC(C)(C)CC(C)(C)C1. The molecule has 1 aliphatic carbocycles. The van der Waals surface area contributed by atoms with Crippen LogP contribution in [0.5, 0.6) is 0 Å². The van der Waals surface area contributed by atoms with Crippen molar-refractivity contribution < 1.29 is 19.1 Å². The first kappa shape index (κ1) is 17.6. The first-order chi connectivity index (χ1) is 10.5. The molecular weight excluding hydrogens is 294 g/mol. The summed E-state index contributed by atoms with van der Waals surface area (Å²) in [4.78, 5) is 23.6. The van der Waals surface area contributed by atoms with Crippen molar-refractivity contribution in [2.45, 2.75) is 66.3 Å². The van der Waals surface area contributed by atoms with Crippen molar-refractivity contribution in [1.82, 2.24) is 5.32 Å². The van der Waals surface area contributed by atoms with Crippen molar-refractivity contribution in [2.24, 2.45) is 10.8 Å². The van der Waals surface area contributed by atoms with Gasteiger partial charge in [0.1, 0.15) is 12.2 Å². The van der Waals surface area contributed by atoms with Gasteiger partial charge in [-0.3, -0.25) is 9.59 Å². The van der Waals surface area contributed by atoms with Crippen molar-refractivity contribution in [1.29, 1.82) is 0 Å². The number of carboxylic acid groups (broad SMARTS) is 1. The summed E-state index contributed by atoms with van der Waals surface area (Å²) in [5.41, 5.74) is 1.39. The third-order valence-corrected chi connectivity index (χ3v) is 4.48. The van der Waals surface area contributed by atoms with E-state index < -0.39 is 5.97 Å². The van der Waals surface area contributed by atoms with E-state index in [0.717, 1.165) is 19.3 Å². The summed E-state index contributed by atoms with van der Waals surface area (Å²) in [5.74, 6) is -1.01. The number of carbonyl (C=O) groups excluding carboxylic acids is 1. The Morgan fingerprint density at radius 3 is 2.35 bits per heavy atom. The molecule has 1 fully saturated rings. The Bertz CT molecular complexity index is 597. The van der Waals surface area contributed by atoms with Crippen LogP contribution in [0.15, 0.2) is 10.7 Å². The monoisotopic (exact) mass is 321 g/mol. The van der Waals surface area contributed by atoms with Crippen LogP contribution < -0.4 is 5.32 Å². The maximum absolute atomic E-state index is 12.7. The van der Waals surface area contributed by atoms with Gasteiger partial charge in [-0.05, 0) is 37.0 Å². The predicted molar refractivity (Wildman–Crippen MR) is 87.5 cm³/mol. The Morgan fingerprint density at radius 1 is 1.26 bits per heavy atom. The van der Waals surface area contributed by atoms with Gasteiger partial charge in [-0.2, -0.15) is 0 Å². The fourth-order valence-electron chi connectivity index (χ4n) is 4.28. The van der Waals surface area contributed by atoms with Crippen molar-refractivity contribution in [3.8, 4) is 0 Å². The third-order valence-electron chi connectivity index (χ3n) is 4.48. The van der Waals surface area contributed by atoms with Crippen molar-refractivity contribution in [2.75, 3.05) is 0 Å². The van der Waals surface area contributed by atoms with E-state index in [0.29, 0.717) is 11.1 Å². The lowest BCUT2D eigenvalue weighted by Crippen LogP contribution is -2.46. The summed E-state index contributed by atoms with van der Waals surface area (Å²) in [7, 11) is 0. The molecule has 0 unspecified atom stereocenters. The predicted octanol–water partition coefficient (Wildman–Crippen LogP) is 3.55. The Morgan fingerprint density at radius 2 is 1.83 bits per heavy atom. The second-order valence-electron chi connectivity index (χ2n) is 8.37. The smallest absolute Gasteiger partial charge is 0.311 e. The van der Waals surface area contributed by atoms with Crippen molar-refractivity contribution >= 4 is 11.9 Å². The molecule has 5 nitrogen and oxygen atoms in total. The van der Waals surface area contributed by atoms with Crippen LogP contribution in [-0.4, -0.2) is 23.0 Å². The topological polar surface area (TPSA) is 79.5 Å². The largest absolute Gasteiger partial charge is 0.481 e. The van der Waals surface area contributed by atoms with Gasteiger partial charge in [-0.25, -0.2) is 0 Å². The minimum Gasteiger partial charge on any atom is -0.481 e. The van der Waals surface area contributed by atoms with Gasteiger partial charge in [-0.15, -0.1) is 0 Å². The third kappa shape index (κ3) is 4.36. The van der Waals surface area contributed by atoms with Gasteiger partial charge < -0.3 is 14.8 Å². The summed E-state index contributed by atoms with van der Waals surface area (Å²) in [6, 6.07) is 0.0910. The molecule has 0 spiro atoms. The van der Waals surface area contributed by atoms with E-state index in [2.05, 4.69) is 33.0 Å². The molecule has 0 atom stereocenters. The summed E-state index contributed by atoms with van der Waals surface area (Å²) in [6.07, 6.45) is 4.14. The molecule has 5 heteroatoms. The molecule has 1 heterocycles. The second-order valence-corrected chi connectivity index (χ2v) is 8.37. The standard InChI is InChI=1S/C18H27NO4/c1-11-9-23-13(6-14(20)21)15(11)16(22)19-12-7-17(2,3)10-18(4,5)8-12/h9,12H,6-8,10H2,1-5H3,(H,19,22)(H,20,21). The van der Waals surface area contributed by atoms with Gasteiger partial charge in [0.2, 0.25) is 0 Å². The summed E-state index contributed by atoms with van der Waals surface area (Å²) >= 11 is 0. The van der Waals surface area contributed by atoms with Gasteiger partial charge in [-0.1, -0.05) is 27.7 Å². The minimum absolute atomic E-state index is 0.0910. The first-order valence-corrected chi connectivity index (χ1v) is 8.09. The van der Waals surface area contributed by atoms with E-state index in [9.17, 15) is 9.59 Å². The highest BCUT2D eigenvalue weighted by Gasteiger charge is 2.39. The van der Waals surface area contributed by atoms with Gasteiger partial charge in [0.05, 0.1) is 11.8 Å². The van der Waals surface area contributed by atoms with Crippen LogP contribution in [0.25, 0.3) is 0 Å². The van der Waals surface area contributed by atoms with Gasteiger partial charge >= 0.3 is 5.97 Å². The number of amides is 1. The molecule has 0 bridgehead atoms. The molecular formula is C18H27NO4. The van der Waals surface area contributed by atoms with E-state index in [1.165, 1.54) is 6.26 Å². The van der Waals surface area contributed by atoms with Gasteiger partial charge in [0.15, 0.2) is 0 Å². The lowest BCUT2D eigenvalue weighted by atomic mass is 9.63. The zero-order valence-electron chi connectivity index (χ0n) is 14.7. The highest BCUT2D eigenvalue weighted by atomic mass is 16.4. The Hall–Kier alpha value is -1.78. The van der Waals surface area contributed by atoms with E-state index in [-0.39, 0.29) is 35.0 Å². The fourth-order valence-corrected chi connectivity index (χ4v) is 4.28. The average Bonchev–Trinajstić information content (AvgIpc) is 2.64. The van der Waals surface area contributed by atoms with E-state index in [1.54, 1.807) is 6.92 Å². The molecule has 2 rings (SSSR count). The normalized spacial score (nSPS) is 20.2. The lowest BCUT2D eigenvalue weighted by molar-refractivity contribution is -0.136. The molecule has 0 saturated heterocycles. The minimum atomic E-state index is -1.01. The van der Waals surface area contributed by atoms with Gasteiger partial charge in [0.25, 0.3) is 5.91 Å². The highest BCUT2D eigenvalue weighted by Crippen LogP contribution is 2.45. The van der Waals surface area contributed by atoms with E-state index in [1.807, 2.05) is 0 Å². The Labute approximate surface area is 137 Å². The highest BCUT2D eigenvalue weighted by molar-refractivity contribution is 5.97. The molecule has 23 heavy (non-hydrogen) atoms. The van der Waals surface area contributed by atoms with Crippen molar-refractivity contribution in [3.05, 3.63) is 23.2 Å². The summed E-state index contributed by atoms with van der Waals surface area (Å²) in [6.45, 7) is 10.7. The number of aliphatic carboxylic acids is 1. The zero-order chi connectivity index (χ0) is 17.4. The molecule has 0 aromatic carbocycles. The van der Waals surface area contributed by atoms with Crippen LogP contribution in [0.2, 0.25) is 0 Å². The molecule has 1 amide bonds. The molecule has 1 saturated carbocycles. The second kappa shape index (κ2) is 6.02. The maximum atomic E-state index is 12.7. The Kier molecular flexibility index (Phi) is 4.60. The molecule has 1 aliphatic rings. The number of nitrogens with one attached hydrogen (secondary N) is 1. The van der Waals surface area contributed by atoms with E-state index >= 15 is 0 Å². The first-order valence-electron chi connectivity index (χ1n) is 8.09. The number of hydrogen-bond acceptors (Lipinski definition) is 3. The zero-order valence-corrected chi connectivity index (χ0v) is 14.7. The number of carbonyl (C=O) groups is 2. The van der Waals surface area contributed by atoms with Gasteiger partial charge in [0, 0.05) is 11.6 Å². The number of rotatable bonds is 4. The van der Waals surface area contributed by atoms with Crippen LogP contribution in [0.4, 0.5) is 0 Å². The molecule has 0 radical (unpaired) electrons. The fraction of sp³-hybridized carbons (Fsp3) is 0.667. The molecule has 0 aliphatic heterocycles. The van der Waals surface area contributed by atoms with E-state index in [4.69, 9.17) is 9.52 Å². The lowest BCUT2D eigenvalue weighted by Gasteiger charge is -2.45. The number of carboxylic acids is 1. The summed E-state index contributed by atoms with van der Waals surface area (Å²) < 4.78 is 5.26. The number of furan rings is 1. The Balaban J connectivity index is 2.16. The van der Waals surface area contributed by atoms with Crippen LogP contribution in [0.3, 0.4) is 0 Å². The van der Waals surface area contributed by atoms with Crippen LogP contribution >= 0.6 is 0 Å². The summed E-state index contributed by atoms with van der Waals surface area (Å²) in [5, 5.41) is 12.0. The van der Waals surface area contributed by atoms with Crippen LogP contribution in [0, 0.1) is 17.8 Å². The van der Waals surface area contributed by atoms with Crippen LogP contribution in [0.1, 0.15) is 68.6 Å². The molecule has 128 valence electrons. The number of aryl methyl sites for hydroxylation is 1. The molecule has 1 aromatic heterocycles. The van der Waals surface area contributed by atoms with Crippen LogP contribution in [-0.2, 0) is 11.2 Å². The molecule has 2 N–H and O–H groups in total. The number of hydrogen-bond donors (Lipinski definition) is 2.